The van der Waals surface area contributed by atoms with Crippen LogP contribution in [0.4, 0.5) is 0 Å². The average Bonchev–Trinajstić information content (AvgIpc) is 2.52. The molecule has 0 fully saturated rings. The molecular weight excluding hydrogens is 352 g/mol. The van der Waals surface area contributed by atoms with Gasteiger partial charge in [-0.05, 0) is 34.1 Å². The van der Waals surface area contributed by atoms with Gasteiger partial charge in [-0.1, -0.05) is 35.9 Å². The summed E-state index contributed by atoms with van der Waals surface area (Å²) in [7, 11) is 0. The van der Waals surface area contributed by atoms with Gasteiger partial charge >= 0.3 is 0 Å². The van der Waals surface area contributed by atoms with Crippen molar-refractivity contribution in [2.45, 2.75) is 6.54 Å². The summed E-state index contributed by atoms with van der Waals surface area (Å²) in [4.78, 5) is 4.29. The van der Waals surface area contributed by atoms with E-state index in [0.717, 1.165) is 20.8 Å². The van der Waals surface area contributed by atoms with Crippen molar-refractivity contribution in [3.8, 4) is 11.6 Å². The standard InChI is InChI=1S/C16H12BrClN2O/c17-11-7-10(8-19)16(20-9-11)21-15-6-5-14(18)12-3-1-2-4-13(12)15/h1-7,9H,8,19H2. The van der Waals surface area contributed by atoms with E-state index >= 15 is 0 Å². The second-order valence-electron chi connectivity index (χ2n) is 4.52. The Morgan fingerprint density at radius 1 is 1.14 bits per heavy atom. The van der Waals surface area contributed by atoms with Gasteiger partial charge in [0.2, 0.25) is 5.88 Å². The van der Waals surface area contributed by atoms with Crippen molar-refractivity contribution in [2.24, 2.45) is 5.73 Å². The summed E-state index contributed by atoms with van der Waals surface area (Å²) in [5.41, 5.74) is 6.58. The van der Waals surface area contributed by atoms with Gasteiger partial charge < -0.3 is 10.5 Å². The minimum absolute atomic E-state index is 0.354. The number of hydrogen-bond acceptors (Lipinski definition) is 3. The molecule has 2 N–H and O–H groups in total. The van der Waals surface area contributed by atoms with Gasteiger partial charge in [-0.15, -0.1) is 0 Å². The van der Waals surface area contributed by atoms with E-state index in [1.54, 1.807) is 6.20 Å². The predicted molar refractivity (Wildman–Crippen MR) is 88.9 cm³/mol. The van der Waals surface area contributed by atoms with Gasteiger partial charge in [0.05, 0.1) is 0 Å². The number of nitrogens with zero attached hydrogens (tertiary/aromatic N) is 1. The maximum atomic E-state index is 6.21. The molecule has 5 heteroatoms. The third kappa shape index (κ3) is 2.88. The van der Waals surface area contributed by atoms with Crippen molar-refractivity contribution in [3.05, 3.63) is 63.7 Å². The molecule has 0 atom stereocenters. The van der Waals surface area contributed by atoms with Crippen LogP contribution >= 0.6 is 27.5 Å². The molecular formula is C16H12BrClN2O. The lowest BCUT2D eigenvalue weighted by Crippen LogP contribution is -2.01. The van der Waals surface area contributed by atoms with Crippen molar-refractivity contribution >= 4 is 38.3 Å². The van der Waals surface area contributed by atoms with Crippen LogP contribution in [-0.2, 0) is 6.54 Å². The Bertz CT molecular complexity index is 807. The van der Waals surface area contributed by atoms with Crippen LogP contribution < -0.4 is 10.5 Å². The zero-order valence-electron chi connectivity index (χ0n) is 11.0. The second-order valence-corrected chi connectivity index (χ2v) is 5.84. The van der Waals surface area contributed by atoms with Gasteiger partial charge in [-0.25, -0.2) is 4.98 Å². The Hall–Kier alpha value is -1.62. The normalized spacial score (nSPS) is 10.8. The number of benzene rings is 2. The van der Waals surface area contributed by atoms with Gasteiger partial charge in [-0.3, -0.25) is 0 Å². The summed E-state index contributed by atoms with van der Waals surface area (Å²) in [6.07, 6.45) is 1.69. The number of aromatic nitrogens is 1. The van der Waals surface area contributed by atoms with Crippen LogP contribution in [0.5, 0.6) is 11.6 Å². The first kappa shape index (κ1) is 14.3. The number of rotatable bonds is 3. The maximum absolute atomic E-state index is 6.21. The third-order valence-electron chi connectivity index (χ3n) is 3.15. The first-order valence-electron chi connectivity index (χ1n) is 6.38. The van der Waals surface area contributed by atoms with Gasteiger partial charge in [-0.2, -0.15) is 0 Å². The first-order valence-corrected chi connectivity index (χ1v) is 7.55. The van der Waals surface area contributed by atoms with E-state index in [4.69, 9.17) is 22.1 Å². The molecule has 0 radical (unpaired) electrons. The van der Waals surface area contributed by atoms with Crippen molar-refractivity contribution in [1.29, 1.82) is 0 Å². The fourth-order valence-electron chi connectivity index (χ4n) is 2.13. The molecule has 0 saturated heterocycles. The first-order chi connectivity index (χ1) is 10.2. The summed E-state index contributed by atoms with van der Waals surface area (Å²) >= 11 is 9.59. The van der Waals surface area contributed by atoms with Crippen molar-refractivity contribution in [2.75, 3.05) is 0 Å². The Balaban J connectivity index is 2.09. The summed E-state index contributed by atoms with van der Waals surface area (Å²) in [5, 5.41) is 2.58. The molecule has 0 spiro atoms. The molecule has 2 aromatic carbocycles. The zero-order valence-corrected chi connectivity index (χ0v) is 13.4. The van der Waals surface area contributed by atoms with Crippen LogP contribution in [0.2, 0.25) is 5.02 Å². The average molecular weight is 364 g/mol. The van der Waals surface area contributed by atoms with Crippen LogP contribution in [0, 0.1) is 0 Å². The fourth-order valence-corrected chi connectivity index (χ4v) is 2.74. The summed E-state index contributed by atoms with van der Waals surface area (Å²) in [6.45, 7) is 0.354. The van der Waals surface area contributed by atoms with E-state index in [0.29, 0.717) is 23.2 Å². The van der Waals surface area contributed by atoms with Crippen LogP contribution in [0.3, 0.4) is 0 Å². The highest BCUT2D eigenvalue weighted by Gasteiger charge is 2.10. The zero-order chi connectivity index (χ0) is 14.8. The molecule has 0 aliphatic rings. The number of halogens is 2. The molecule has 0 aliphatic carbocycles. The predicted octanol–water partition coefficient (Wildman–Crippen LogP) is 4.90. The summed E-state index contributed by atoms with van der Waals surface area (Å²) in [5.74, 6) is 1.22. The number of ether oxygens (including phenoxy) is 1. The van der Waals surface area contributed by atoms with Crippen LogP contribution in [0.1, 0.15) is 5.56 Å². The summed E-state index contributed by atoms with van der Waals surface area (Å²) in [6, 6.07) is 13.4. The highest BCUT2D eigenvalue weighted by molar-refractivity contribution is 9.10. The van der Waals surface area contributed by atoms with E-state index in [-0.39, 0.29) is 0 Å². The maximum Gasteiger partial charge on any atom is 0.223 e. The minimum atomic E-state index is 0.354. The topological polar surface area (TPSA) is 48.1 Å². The molecule has 3 aromatic rings. The van der Waals surface area contributed by atoms with E-state index in [1.807, 2.05) is 42.5 Å². The monoisotopic (exact) mass is 362 g/mol. The number of hydrogen-bond donors (Lipinski definition) is 1. The van der Waals surface area contributed by atoms with Crippen molar-refractivity contribution in [3.63, 3.8) is 0 Å². The Labute approximate surface area is 135 Å². The lowest BCUT2D eigenvalue weighted by molar-refractivity contribution is 0.461. The lowest BCUT2D eigenvalue weighted by atomic mass is 10.1. The smallest absolute Gasteiger partial charge is 0.223 e. The molecule has 0 amide bonds. The highest BCUT2D eigenvalue weighted by atomic mass is 79.9. The van der Waals surface area contributed by atoms with Gasteiger partial charge in [0.25, 0.3) is 0 Å². The van der Waals surface area contributed by atoms with E-state index in [2.05, 4.69) is 20.9 Å². The SMILES string of the molecule is NCc1cc(Br)cnc1Oc1ccc(Cl)c2ccccc12. The highest BCUT2D eigenvalue weighted by Crippen LogP contribution is 2.34. The van der Waals surface area contributed by atoms with Gasteiger partial charge in [0.15, 0.2) is 0 Å². The summed E-state index contributed by atoms with van der Waals surface area (Å²) < 4.78 is 6.82. The van der Waals surface area contributed by atoms with Crippen molar-refractivity contribution < 1.29 is 4.74 Å². The fraction of sp³-hybridized carbons (Fsp3) is 0.0625. The van der Waals surface area contributed by atoms with Gasteiger partial charge in [0.1, 0.15) is 5.75 Å². The van der Waals surface area contributed by atoms with Gasteiger partial charge in [0, 0.05) is 38.6 Å². The van der Waals surface area contributed by atoms with Crippen LogP contribution in [0.15, 0.2) is 53.1 Å². The molecule has 0 unspecified atom stereocenters. The van der Waals surface area contributed by atoms with E-state index in [9.17, 15) is 0 Å². The molecule has 3 rings (SSSR count). The van der Waals surface area contributed by atoms with E-state index in [1.165, 1.54) is 0 Å². The molecule has 0 saturated carbocycles. The third-order valence-corrected chi connectivity index (χ3v) is 3.91. The van der Waals surface area contributed by atoms with Crippen molar-refractivity contribution in [1.82, 2.24) is 4.98 Å². The quantitative estimate of drug-likeness (QED) is 0.720. The van der Waals surface area contributed by atoms with Crippen LogP contribution in [0.25, 0.3) is 10.8 Å². The molecule has 3 nitrogen and oxygen atoms in total. The molecule has 106 valence electrons. The lowest BCUT2D eigenvalue weighted by Gasteiger charge is -2.12. The largest absolute Gasteiger partial charge is 0.438 e. The molecule has 0 bridgehead atoms. The van der Waals surface area contributed by atoms with E-state index < -0.39 is 0 Å². The number of fused-ring (bicyclic) bond motifs is 1. The molecule has 0 aliphatic heterocycles. The molecule has 1 heterocycles. The number of nitrogens with two attached hydrogens (primary N) is 1. The Morgan fingerprint density at radius 3 is 2.67 bits per heavy atom. The Morgan fingerprint density at radius 2 is 1.90 bits per heavy atom. The number of pyridine rings is 1. The second kappa shape index (κ2) is 6.02. The minimum Gasteiger partial charge on any atom is -0.438 e. The molecule has 1 aromatic heterocycles. The van der Waals surface area contributed by atoms with Crippen LogP contribution in [-0.4, -0.2) is 4.98 Å². The molecule has 21 heavy (non-hydrogen) atoms. The Kier molecular flexibility index (Phi) is 4.10.